The summed E-state index contributed by atoms with van der Waals surface area (Å²) in [6, 6.07) is 5.86. The fraction of sp³-hybridized carbons (Fsp3) is 0.125. The van der Waals surface area contributed by atoms with Crippen molar-refractivity contribution < 1.29 is 0 Å². The number of halogens is 1. The second kappa shape index (κ2) is 3.38. The van der Waals surface area contributed by atoms with Gasteiger partial charge in [-0.1, -0.05) is 21.0 Å². The van der Waals surface area contributed by atoms with Gasteiger partial charge < -0.3 is 5.73 Å². The zero-order chi connectivity index (χ0) is 10.1. The number of benzene rings is 1. The summed E-state index contributed by atoms with van der Waals surface area (Å²) in [6.07, 6.45) is 0. The highest BCUT2D eigenvalue weighted by Crippen LogP contribution is 2.18. The molecule has 6 heteroatoms. The first kappa shape index (κ1) is 9.14. The fourth-order valence-electron chi connectivity index (χ4n) is 1.22. The summed E-state index contributed by atoms with van der Waals surface area (Å²) >= 11 is 3.40. The number of rotatable bonds is 1. The van der Waals surface area contributed by atoms with E-state index < -0.39 is 0 Å². The van der Waals surface area contributed by atoms with E-state index in [-0.39, 0.29) is 5.95 Å². The number of nitrogens with two attached hydrogens (primary N) is 1. The molecule has 2 N–H and O–H groups in total. The third-order valence-electron chi connectivity index (χ3n) is 1.77. The molecule has 5 nitrogen and oxygen atoms in total. The molecule has 14 heavy (non-hydrogen) atoms. The molecule has 2 aromatic rings. The summed E-state index contributed by atoms with van der Waals surface area (Å²) in [5.74, 6) is 0.280. The molecule has 1 aromatic heterocycles. The van der Waals surface area contributed by atoms with E-state index in [2.05, 4.69) is 31.5 Å². The Labute approximate surface area is 89.0 Å². The Morgan fingerprint density at radius 1 is 1.36 bits per heavy atom. The van der Waals surface area contributed by atoms with Crippen LogP contribution in [0.1, 0.15) is 5.56 Å². The second-order valence-electron chi connectivity index (χ2n) is 2.94. The molecular weight excluding hydrogens is 246 g/mol. The lowest BCUT2D eigenvalue weighted by molar-refractivity contribution is 0.791. The highest BCUT2D eigenvalue weighted by Gasteiger charge is 2.04. The number of nitrogen functional groups attached to an aromatic ring is 1. The molecule has 1 heterocycles. The third kappa shape index (κ3) is 1.60. The van der Waals surface area contributed by atoms with Crippen LogP contribution in [0.3, 0.4) is 0 Å². The highest BCUT2D eigenvalue weighted by atomic mass is 79.9. The standard InChI is InChI=1S/C8H8BrN5/c1-5-2-6(9)4-7(3-5)14-8(10)11-12-13-14/h2-4H,1H3,(H2,10,11,13). The minimum Gasteiger partial charge on any atom is -0.366 e. The first-order valence-electron chi connectivity index (χ1n) is 3.98. The van der Waals surface area contributed by atoms with Crippen molar-refractivity contribution in [3.05, 3.63) is 28.2 Å². The van der Waals surface area contributed by atoms with Crippen molar-refractivity contribution in [2.75, 3.05) is 5.73 Å². The van der Waals surface area contributed by atoms with Crippen LogP contribution >= 0.6 is 15.9 Å². The van der Waals surface area contributed by atoms with Gasteiger partial charge in [-0.2, -0.15) is 4.68 Å². The van der Waals surface area contributed by atoms with E-state index in [4.69, 9.17) is 5.73 Å². The van der Waals surface area contributed by atoms with E-state index in [9.17, 15) is 0 Å². The van der Waals surface area contributed by atoms with E-state index >= 15 is 0 Å². The molecule has 0 fully saturated rings. The number of tetrazole rings is 1. The molecular formula is C8H8BrN5. The lowest BCUT2D eigenvalue weighted by atomic mass is 10.2. The Kier molecular flexibility index (Phi) is 2.20. The fourth-order valence-corrected chi connectivity index (χ4v) is 1.81. The average molecular weight is 254 g/mol. The van der Waals surface area contributed by atoms with Crippen molar-refractivity contribution in [1.29, 1.82) is 0 Å². The van der Waals surface area contributed by atoms with E-state index in [0.717, 1.165) is 15.7 Å². The van der Waals surface area contributed by atoms with Crippen LogP contribution in [0.4, 0.5) is 5.95 Å². The number of nitrogens with zero attached hydrogens (tertiary/aromatic N) is 4. The van der Waals surface area contributed by atoms with Crippen LogP contribution in [0.15, 0.2) is 22.7 Å². The SMILES string of the molecule is Cc1cc(Br)cc(-n2nnnc2N)c1. The van der Waals surface area contributed by atoms with E-state index in [1.165, 1.54) is 4.68 Å². The zero-order valence-electron chi connectivity index (χ0n) is 7.48. The number of hydrogen-bond donors (Lipinski definition) is 1. The molecule has 0 unspecified atom stereocenters. The van der Waals surface area contributed by atoms with Gasteiger partial charge in [0.15, 0.2) is 0 Å². The smallest absolute Gasteiger partial charge is 0.245 e. The van der Waals surface area contributed by atoms with Crippen LogP contribution < -0.4 is 5.73 Å². The summed E-state index contributed by atoms with van der Waals surface area (Å²) in [6.45, 7) is 1.99. The minimum absolute atomic E-state index is 0.280. The van der Waals surface area contributed by atoms with E-state index in [1.54, 1.807) is 0 Å². The van der Waals surface area contributed by atoms with Gasteiger partial charge >= 0.3 is 0 Å². The molecule has 0 spiro atoms. The molecule has 0 aliphatic rings. The number of anilines is 1. The second-order valence-corrected chi connectivity index (χ2v) is 3.85. The molecule has 0 amide bonds. The quantitative estimate of drug-likeness (QED) is 0.833. The molecule has 0 aliphatic carbocycles. The van der Waals surface area contributed by atoms with Crippen molar-refractivity contribution in [3.8, 4) is 5.69 Å². The molecule has 0 saturated carbocycles. The number of hydrogen-bond acceptors (Lipinski definition) is 4. The average Bonchev–Trinajstić information content (AvgIpc) is 2.49. The van der Waals surface area contributed by atoms with Crippen LogP contribution in [0.25, 0.3) is 5.69 Å². The molecule has 0 radical (unpaired) electrons. The van der Waals surface area contributed by atoms with Gasteiger partial charge in [-0.15, -0.1) is 0 Å². The normalized spacial score (nSPS) is 10.4. The predicted molar refractivity (Wildman–Crippen MR) is 56.0 cm³/mol. The van der Waals surface area contributed by atoms with E-state index in [0.29, 0.717) is 0 Å². The maximum absolute atomic E-state index is 5.58. The monoisotopic (exact) mass is 253 g/mol. The van der Waals surface area contributed by atoms with Gasteiger partial charge in [0.05, 0.1) is 5.69 Å². The van der Waals surface area contributed by atoms with Crippen LogP contribution in [0.5, 0.6) is 0 Å². The summed E-state index contributed by atoms with van der Waals surface area (Å²) < 4.78 is 2.46. The lowest BCUT2D eigenvalue weighted by Crippen LogP contribution is -2.02. The molecule has 2 rings (SSSR count). The molecule has 72 valence electrons. The zero-order valence-corrected chi connectivity index (χ0v) is 9.06. The van der Waals surface area contributed by atoms with Crippen molar-refractivity contribution in [2.24, 2.45) is 0 Å². The topological polar surface area (TPSA) is 69.6 Å². The van der Waals surface area contributed by atoms with Crippen molar-refractivity contribution >= 4 is 21.9 Å². The van der Waals surface area contributed by atoms with Gasteiger partial charge in [0.2, 0.25) is 5.95 Å². The Balaban J connectivity index is 2.57. The molecule has 0 atom stereocenters. The van der Waals surface area contributed by atoms with Gasteiger partial charge in [-0.25, -0.2) is 0 Å². The summed E-state index contributed by atoms with van der Waals surface area (Å²) in [5, 5.41) is 10.9. The van der Waals surface area contributed by atoms with Crippen molar-refractivity contribution in [2.45, 2.75) is 6.92 Å². The Bertz CT molecular complexity index is 444. The van der Waals surface area contributed by atoms with Gasteiger partial charge in [0.25, 0.3) is 0 Å². The largest absolute Gasteiger partial charge is 0.366 e. The highest BCUT2D eigenvalue weighted by molar-refractivity contribution is 9.10. The van der Waals surface area contributed by atoms with Crippen LogP contribution in [-0.4, -0.2) is 20.2 Å². The molecule has 0 bridgehead atoms. The Morgan fingerprint density at radius 2 is 2.14 bits per heavy atom. The number of aromatic nitrogens is 4. The van der Waals surface area contributed by atoms with Crippen molar-refractivity contribution in [1.82, 2.24) is 20.2 Å². The molecule has 1 aromatic carbocycles. The third-order valence-corrected chi connectivity index (χ3v) is 2.22. The summed E-state index contributed by atoms with van der Waals surface area (Å²) in [5.41, 5.74) is 7.55. The first-order valence-corrected chi connectivity index (χ1v) is 4.77. The summed E-state index contributed by atoms with van der Waals surface area (Å²) in [4.78, 5) is 0. The van der Waals surface area contributed by atoms with Gasteiger partial charge in [-0.05, 0) is 41.1 Å². The first-order chi connectivity index (χ1) is 6.66. The van der Waals surface area contributed by atoms with Crippen LogP contribution in [-0.2, 0) is 0 Å². The van der Waals surface area contributed by atoms with Crippen molar-refractivity contribution in [3.63, 3.8) is 0 Å². The molecule has 0 saturated heterocycles. The van der Waals surface area contributed by atoms with E-state index in [1.807, 2.05) is 25.1 Å². The molecule has 0 aliphatic heterocycles. The van der Waals surface area contributed by atoms with Gasteiger partial charge in [-0.3, -0.25) is 0 Å². The predicted octanol–water partition coefficient (Wildman–Crippen LogP) is 1.32. The number of aryl methyl sites for hydroxylation is 1. The lowest BCUT2D eigenvalue weighted by Gasteiger charge is -2.03. The van der Waals surface area contributed by atoms with Crippen LogP contribution in [0, 0.1) is 6.92 Å². The maximum atomic E-state index is 5.58. The Morgan fingerprint density at radius 3 is 2.71 bits per heavy atom. The van der Waals surface area contributed by atoms with Gasteiger partial charge in [0.1, 0.15) is 0 Å². The van der Waals surface area contributed by atoms with Crippen LogP contribution in [0.2, 0.25) is 0 Å². The Hall–Kier alpha value is -1.43. The maximum Gasteiger partial charge on any atom is 0.245 e. The summed E-state index contributed by atoms with van der Waals surface area (Å²) in [7, 11) is 0. The van der Waals surface area contributed by atoms with Gasteiger partial charge in [0, 0.05) is 4.47 Å². The minimum atomic E-state index is 0.280.